The molecule has 2 heterocycles. The van der Waals surface area contributed by atoms with Crippen LogP contribution in [0.15, 0.2) is 26.9 Å². The molecule has 0 unspecified atom stereocenters. The van der Waals surface area contributed by atoms with Crippen molar-refractivity contribution in [2.45, 2.75) is 24.5 Å². The Balaban J connectivity index is 1.93. The van der Waals surface area contributed by atoms with E-state index in [0.717, 1.165) is 11.3 Å². The van der Waals surface area contributed by atoms with Crippen LogP contribution in [0.4, 0.5) is 5.82 Å². The second kappa shape index (κ2) is 6.37. The number of rotatable bonds is 6. The highest BCUT2D eigenvalue weighted by atomic mass is 32.2. The maximum absolute atomic E-state index is 12.0. The van der Waals surface area contributed by atoms with Crippen LogP contribution >= 0.6 is 11.3 Å². The molecule has 0 radical (unpaired) electrons. The summed E-state index contributed by atoms with van der Waals surface area (Å²) in [7, 11) is -3.67. The lowest BCUT2D eigenvalue weighted by Gasteiger charge is -2.04. The first-order valence-corrected chi connectivity index (χ1v) is 8.52. The van der Waals surface area contributed by atoms with E-state index in [1.807, 2.05) is 6.92 Å². The molecule has 0 aromatic carbocycles. The number of sulfonamides is 1. The summed E-state index contributed by atoms with van der Waals surface area (Å²) < 4.78 is 31.3. The highest BCUT2D eigenvalue weighted by Crippen LogP contribution is 2.21. The van der Waals surface area contributed by atoms with Crippen LogP contribution in [-0.4, -0.2) is 26.0 Å². The molecule has 21 heavy (non-hydrogen) atoms. The Morgan fingerprint density at radius 1 is 1.43 bits per heavy atom. The number of aromatic nitrogens is 1. The zero-order chi connectivity index (χ0) is 15.5. The van der Waals surface area contributed by atoms with Gasteiger partial charge in [0.15, 0.2) is 5.82 Å². The standard InChI is InChI=1S/C12H15N3O4S2/c1-3-9-4-5-12(20-9)21(17,18)13-7-11(16)14-10-6-8(2)19-15-10/h4-6,13H,3,7H2,1-2H3,(H,14,15,16). The van der Waals surface area contributed by atoms with E-state index in [-0.39, 0.29) is 16.6 Å². The lowest BCUT2D eigenvalue weighted by atomic mass is 10.4. The van der Waals surface area contributed by atoms with E-state index in [1.54, 1.807) is 19.1 Å². The van der Waals surface area contributed by atoms with Gasteiger partial charge in [-0.3, -0.25) is 4.79 Å². The van der Waals surface area contributed by atoms with Gasteiger partial charge in [-0.25, -0.2) is 13.1 Å². The van der Waals surface area contributed by atoms with Crippen molar-refractivity contribution in [2.75, 3.05) is 11.9 Å². The fourth-order valence-corrected chi connectivity index (χ4v) is 3.86. The third kappa shape index (κ3) is 4.13. The predicted octanol–water partition coefficient (Wildman–Crippen LogP) is 1.52. The fourth-order valence-electron chi connectivity index (χ4n) is 1.54. The zero-order valence-electron chi connectivity index (χ0n) is 11.5. The quantitative estimate of drug-likeness (QED) is 0.837. The van der Waals surface area contributed by atoms with E-state index in [1.165, 1.54) is 17.4 Å². The fraction of sp³-hybridized carbons (Fsp3) is 0.333. The number of aryl methyl sites for hydroxylation is 2. The predicted molar refractivity (Wildman–Crippen MR) is 78.8 cm³/mol. The normalized spacial score (nSPS) is 11.5. The van der Waals surface area contributed by atoms with E-state index in [4.69, 9.17) is 4.52 Å². The van der Waals surface area contributed by atoms with Crippen molar-refractivity contribution in [1.82, 2.24) is 9.88 Å². The molecule has 0 saturated heterocycles. The summed E-state index contributed by atoms with van der Waals surface area (Å²) in [5, 5.41) is 6.03. The number of nitrogens with zero attached hydrogens (tertiary/aromatic N) is 1. The molecule has 2 rings (SSSR count). The zero-order valence-corrected chi connectivity index (χ0v) is 13.2. The summed E-state index contributed by atoms with van der Waals surface area (Å²) in [5.41, 5.74) is 0. The first-order chi connectivity index (χ1) is 9.90. The Morgan fingerprint density at radius 3 is 2.76 bits per heavy atom. The lowest BCUT2D eigenvalue weighted by Crippen LogP contribution is -2.32. The average Bonchev–Trinajstić information content (AvgIpc) is 3.06. The minimum Gasteiger partial charge on any atom is -0.360 e. The van der Waals surface area contributed by atoms with Gasteiger partial charge in [-0.05, 0) is 25.5 Å². The Hall–Kier alpha value is -1.71. The van der Waals surface area contributed by atoms with Crippen LogP contribution in [0.5, 0.6) is 0 Å². The van der Waals surface area contributed by atoms with Gasteiger partial charge in [0.1, 0.15) is 9.97 Å². The van der Waals surface area contributed by atoms with Crippen LogP contribution in [0.1, 0.15) is 17.6 Å². The molecule has 0 fully saturated rings. The third-order valence-electron chi connectivity index (χ3n) is 2.57. The van der Waals surface area contributed by atoms with Crippen LogP contribution in [0.2, 0.25) is 0 Å². The number of amides is 1. The smallest absolute Gasteiger partial charge is 0.250 e. The number of nitrogens with one attached hydrogen (secondary N) is 2. The molecule has 2 aromatic heterocycles. The second-order valence-corrected chi connectivity index (χ2v) is 7.43. The number of hydrogen-bond donors (Lipinski definition) is 2. The maximum Gasteiger partial charge on any atom is 0.250 e. The summed E-state index contributed by atoms with van der Waals surface area (Å²) in [6.45, 7) is 3.27. The van der Waals surface area contributed by atoms with Crippen LogP contribution < -0.4 is 10.0 Å². The van der Waals surface area contributed by atoms with Crippen molar-refractivity contribution in [3.05, 3.63) is 28.8 Å². The summed E-state index contributed by atoms with van der Waals surface area (Å²) >= 11 is 1.19. The van der Waals surface area contributed by atoms with Gasteiger partial charge in [-0.1, -0.05) is 12.1 Å². The highest BCUT2D eigenvalue weighted by molar-refractivity contribution is 7.91. The van der Waals surface area contributed by atoms with Gasteiger partial charge >= 0.3 is 0 Å². The van der Waals surface area contributed by atoms with Crippen LogP contribution in [0.3, 0.4) is 0 Å². The third-order valence-corrected chi connectivity index (χ3v) is 5.69. The summed E-state index contributed by atoms with van der Waals surface area (Å²) in [6, 6.07) is 4.83. The molecule has 0 spiro atoms. The van der Waals surface area contributed by atoms with Gasteiger partial charge in [0.25, 0.3) is 10.0 Å². The maximum atomic E-state index is 12.0. The van der Waals surface area contributed by atoms with Crippen molar-refractivity contribution >= 4 is 33.1 Å². The molecule has 9 heteroatoms. The van der Waals surface area contributed by atoms with Gasteiger partial charge in [-0.15, -0.1) is 11.3 Å². The van der Waals surface area contributed by atoms with Gasteiger partial charge in [0, 0.05) is 10.9 Å². The molecule has 7 nitrogen and oxygen atoms in total. The van der Waals surface area contributed by atoms with Crippen molar-refractivity contribution in [3.8, 4) is 0 Å². The largest absolute Gasteiger partial charge is 0.360 e. The van der Waals surface area contributed by atoms with Gasteiger partial charge < -0.3 is 9.84 Å². The molecule has 2 N–H and O–H groups in total. The van der Waals surface area contributed by atoms with Crippen LogP contribution in [0, 0.1) is 6.92 Å². The monoisotopic (exact) mass is 329 g/mol. The molecule has 0 bridgehead atoms. The molecule has 0 saturated carbocycles. The first-order valence-electron chi connectivity index (χ1n) is 6.22. The molecule has 0 aliphatic rings. The molecular weight excluding hydrogens is 314 g/mol. The SMILES string of the molecule is CCc1ccc(S(=O)(=O)NCC(=O)Nc2cc(C)on2)s1. The molecule has 0 atom stereocenters. The number of thiophene rings is 1. The number of anilines is 1. The minimum absolute atomic E-state index is 0.199. The summed E-state index contributed by atoms with van der Waals surface area (Å²) in [4.78, 5) is 12.6. The van der Waals surface area contributed by atoms with E-state index >= 15 is 0 Å². The van der Waals surface area contributed by atoms with Crippen LogP contribution in [0.25, 0.3) is 0 Å². The Morgan fingerprint density at radius 2 is 2.19 bits per heavy atom. The van der Waals surface area contributed by atoms with E-state index in [2.05, 4.69) is 15.2 Å². The molecule has 114 valence electrons. The van der Waals surface area contributed by atoms with E-state index in [0.29, 0.717) is 5.76 Å². The summed E-state index contributed by atoms with van der Waals surface area (Å²) in [5.74, 6) is 0.289. The number of carbonyl (C=O) groups is 1. The molecule has 1 amide bonds. The Bertz CT molecular complexity index is 733. The van der Waals surface area contributed by atoms with E-state index < -0.39 is 15.9 Å². The van der Waals surface area contributed by atoms with Gasteiger partial charge in [0.2, 0.25) is 5.91 Å². The molecule has 0 aliphatic carbocycles. The van der Waals surface area contributed by atoms with Gasteiger partial charge in [-0.2, -0.15) is 0 Å². The number of hydrogen-bond acceptors (Lipinski definition) is 6. The highest BCUT2D eigenvalue weighted by Gasteiger charge is 2.18. The van der Waals surface area contributed by atoms with Crippen molar-refractivity contribution < 1.29 is 17.7 Å². The molecule has 0 aliphatic heterocycles. The molecular formula is C12H15N3O4S2. The molecule has 2 aromatic rings. The van der Waals surface area contributed by atoms with Crippen LogP contribution in [-0.2, 0) is 21.2 Å². The second-order valence-electron chi connectivity index (χ2n) is 4.27. The topological polar surface area (TPSA) is 101 Å². The minimum atomic E-state index is -3.67. The Labute approximate surface area is 126 Å². The first kappa shape index (κ1) is 15.7. The van der Waals surface area contributed by atoms with Crippen molar-refractivity contribution in [1.29, 1.82) is 0 Å². The van der Waals surface area contributed by atoms with E-state index in [9.17, 15) is 13.2 Å². The van der Waals surface area contributed by atoms with Crippen molar-refractivity contribution in [2.24, 2.45) is 0 Å². The average molecular weight is 329 g/mol. The summed E-state index contributed by atoms with van der Waals surface area (Å²) in [6.07, 6.45) is 0.770. The Kier molecular flexibility index (Phi) is 4.76. The lowest BCUT2D eigenvalue weighted by molar-refractivity contribution is -0.115. The number of carbonyl (C=O) groups excluding carboxylic acids is 1. The van der Waals surface area contributed by atoms with Gasteiger partial charge in [0.05, 0.1) is 6.54 Å². The van der Waals surface area contributed by atoms with Crippen molar-refractivity contribution in [3.63, 3.8) is 0 Å².